The number of hydrogen-bond donors (Lipinski definition) is 4. The van der Waals surface area contributed by atoms with Crippen LogP contribution in [-0.4, -0.2) is 80.3 Å². The van der Waals surface area contributed by atoms with Crippen molar-refractivity contribution in [1.82, 2.24) is 9.80 Å². The van der Waals surface area contributed by atoms with E-state index in [0.717, 1.165) is 45.7 Å². The third-order valence-electron chi connectivity index (χ3n) is 5.77. The van der Waals surface area contributed by atoms with Crippen LogP contribution in [-0.2, 0) is 38.7 Å². The maximum atomic E-state index is 9.55. The molecule has 0 aliphatic carbocycles. The third kappa shape index (κ3) is 14.3. The fraction of sp³-hybridized carbons (Fsp3) is 0.310. The van der Waals surface area contributed by atoms with Crippen LogP contribution in [0.25, 0.3) is 0 Å². The van der Waals surface area contributed by atoms with E-state index in [4.69, 9.17) is 20.4 Å². The molecule has 0 saturated heterocycles. The summed E-state index contributed by atoms with van der Waals surface area (Å²) >= 11 is 0. The molecule has 0 spiro atoms. The van der Waals surface area contributed by atoms with E-state index < -0.39 is 23.9 Å². The van der Waals surface area contributed by atoms with Gasteiger partial charge in [0.1, 0.15) is 0 Å². The lowest BCUT2D eigenvalue weighted by Crippen LogP contribution is -2.35. The lowest BCUT2D eigenvalue weighted by Gasteiger charge is -2.30. The maximum Gasteiger partial charge on any atom is 0.328 e. The quantitative estimate of drug-likeness (QED) is 0.348. The first-order valence-corrected chi connectivity index (χ1v) is 12.4. The first kappa shape index (κ1) is 32.7. The average Bonchev–Trinajstić information content (AvgIpc) is 2.88. The molecule has 210 valence electrons. The average molecular weight is 541 g/mol. The van der Waals surface area contributed by atoms with Gasteiger partial charge in [-0.1, -0.05) is 62.4 Å². The molecule has 0 amide bonds. The Balaban J connectivity index is 0.000000393. The molecule has 10 heteroatoms. The van der Waals surface area contributed by atoms with Crippen LogP contribution in [0.2, 0.25) is 0 Å². The highest BCUT2D eigenvalue weighted by Crippen LogP contribution is 2.24. The van der Waals surface area contributed by atoms with Gasteiger partial charge >= 0.3 is 23.9 Å². The van der Waals surface area contributed by atoms with Crippen LogP contribution < -0.4 is 0 Å². The Morgan fingerprint density at radius 3 is 1.31 bits per heavy atom. The molecular formula is C29H36N2O8. The van der Waals surface area contributed by atoms with Gasteiger partial charge in [0.2, 0.25) is 0 Å². The van der Waals surface area contributed by atoms with E-state index in [-0.39, 0.29) is 0 Å². The van der Waals surface area contributed by atoms with Crippen molar-refractivity contribution in [3.63, 3.8) is 0 Å². The summed E-state index contributed by atoms with van der Waals surface area (Å²) in [5, 5.41) is 31.2. The van der Waals surface area contributed by atoms with Crippen molar-refractivity contribution < 1.29 is 39.6 Å². The first-order valence-electron chi connectivity index (χ1n) is 12.4. The van der Waals surface area contributed by atoms with Crippen LogP contribution in [0.5, 0.6) is 0 Å². The molecule has 10 nitrogen and oxygen atoms in total. The summed E-state index contributed by atoms with van der Waals surface area (Å²) in [7, 11) is 0. The summed E-state index contributed by atoms with van der Waals surface area (Å²) in [5.41, 5.74) is 5.93. The molecule has 0 fully saturated rings. The van der Waals surface area contributed by atoms with Crippen LogP contribution >= 0.6 is 0 Å². The Kier molecular flexibility index (Phi) is 15.2. The Morgan fingerprint density at radius 1 is 0.667 bits per heavy atom. The number of nitrogens with zero attached hydrogens (tertiary/aromatic N) is 2. The van der Waals surface area contributed by atoms with Gasteiger partial charge in [0.15, 0.2) is 0 Å². The van der Waals surface area contributed by atoms with Crippen molar-refractivity contribution in [1.29, 1.82) is 0 Å². The van der Waals surface area contributed by atoms with Crippen molar-refractivity contribution in [2.24, 2.45) is 0 Å². The second-order valence-electron chi connectivity index (χ2n) is 8.47. The van der Waals surface area contributed by atoms with Crippen molar-refractivity contribution in [3.8, 4) is 0 Å². The predicted octanol–water partition coefficient (Wildman–Crippen LogP) is 3.36. The van der Waals surface area contributed by atoms with Gasteiger partial charge in [0.05, 0.1) is 0 Å². The number of carboxylic acid groups (broad SMARTS) is 4. The minimum atomic E-state index is -1.26. The van der Waals surface area contributed by atoms with Gasteiger partial charge in [-0.25, -0.2) is 19.2 Å². The van der Waals surface area contributed by atoms with Crippen LogP contribution in [0, 0.1) is 0 Å². The summed E-state index contributed by atoms with van der Waals surface area (Å²) in [6.45, 7) is 11.2. The predicted molar refractivity (Wildman–Crippen MR) is 146 cm³/mol. The number of hydrogen-bond acceptors (Lipinski definition) is 6. The van der Waals surface area contributed by atoms with Gasteiger partial charge in [0.25, 0.3) is 0 Å². The van der Waals surface area contributed by atoms with Gasteiger partial charge in [-0.05, 0) is 41.8 Å². The molecule has 0 unspecified atom stereocenters. The molecule has 4 N–H and O–H groups in total. The van der Waals surface area contributed by atoms with Crippen molar-refractivity contribution in [3.05, 3.63) is 95.1 Å². The Labute approximate surface area is 228 Å². The summed E-state index contributed by atoms with van der Waals surface area (Å²) in [6, 6.07) is 17.9. The zero-order chi connectivity index (χ0) is 29.2. The van der Waals surface area contributed by atoms with Crippen molar-refractivity contribution in [2.45, 2.75) is 33.4 Å². The number of carboxylic acids is 4. The number of aliphatic carboxylic acids is 4. The molecule has 3 rings (SSSR count). The van der Waals surface area contributed by atoms with Gasteiger partial charge in [-0.2, -0.15) is 0 Å². The summed E-state index contributed by atoms with van der Waals surface area (Å²) in [5.74, 6) is -5.03. The van der Waals surface area contributed by atoms with Crippen molar-refractivity contribution in [2.75, 3.05) is 26.2 Å². The molecule has 0 bridgehead atoms. The SMILES string of the molecule is CCN(CC)CCN1Cc2ccccc2Cc2ccccc2C1.O=C(O)/C=C\C(=O)O.O=C(O)/C=C\C(=O)O. The minimum Gasteiger partial charge on any atom is -0.478 e. The fourth-order valence-electron chi connectivity index (χ4n) is 3.78. The lowest BCUT2D eigenvalue weighted by molar-refractivity contribution is -0.134. The van der Waals surface area contributed by atoms with E-state index in [0.29, 0.717) is 24.3 Å². The van der Waals surface area contributed by atoms with Gasteiger partial charge in [-0.15, -0.1) is 0 Å². The van der Waals surface area contributed by atoms with E-state index in [1.165, 1.54) is 22.3 Å². The normalized spacial score (nSPS) is 12.7. The standard InChI is InChI=1S/C21H28N2.2C4H4O4/c1-3-22(4-2)13-14-23-16-20-11-7-5-9-18(20)15-19-10-6-8-12-21(19)17-23;2*5-3(6)1-2-4(7)8/h5-12H,3-4,13-17H2,1-2H3;2*1-2H,(H,5,6)(H,7,8)/b;2*2-1-. The topological polar surface area (TPSA) is 156 Å². The zero-order valence-corrected chi connectivity index (χ0v) is 22.2. The highest BCUT2D eigenvalue weighted by atomic mass is 16.4. The molecule has 1 aliphatic rings. The zero-order valence-electron chi connectivity index (χ0n) is 22.2. The molecule has 1 aliphatic heterocycles. The van der Waals surface area contributed by atoms with E-state index >= 15 is 0 Å². The number of benzene rings is 2. The molecule has 0 saturated carbocycles. The number of rotatable bonds is 9. The molecular weight excluding hydrogens is 504 g/mol. The number of carbonyl (C=O) groups is 4. The minimum absolute atomic E-state index is 0.558. The van der Waals surface area contributed by atoms with Crippen LogP contribution in [0.1, 0.15) is 36.1 Å². The summed E-state index contributed by atoms with van der Waals surface area (Å²) in [6.07, 6.45) is 3.30. The molecule has 0 radical (unpaired) electrons. The van der Waals surface area contributed by atoms with Crippen molar-refractivity contribution >= 4 is 23.9 Å². The van der Waals surface area contributed by atoms with E-state index in [1.54, 1.807) is 0 Å². The summed E-state index contributed by atoms with van der Waals surface area (Å²) in [4.78, 5) is 43.3. The third-order valence-corrected chi connectivity index (χ3v) is 5.77. The first-order chi connectivity index (χ1) is 18.5. The van der Waals surface area contributed by atoms with Crippen LogP contribution in [0.15, 0.2) is 72.8 Å². The van der Waals surface area contributed by atoms with Gasteiger partial charge in [-0.3, -0.25) is 4.90 Å². The summed E-state index contributed by atoms with van der Waals surface area (Å²) < 4.78 is 0. The largest absolute Gasteiger partial charge is 0.478 e. The van der Waals surface area contributed by atoms with E-state index in [2.05, 4.69) is 72.2 Å². The highest BCUT2D eigenvalue weighted by molar-refractivity contribution is 5.90. The number of fused-ring (bicyclic) bond motifs is 2. The van der Waals surface area contributed by atoms with E-state index in [9.17, 15) is 19.2 Å². The molecule has 2 aromatic carbocycles. The number of likely N-dealkylation sites (N-methyl/N-ethyl adjacent to an activating group) is 1. The van der Waals surface area contributed by atoms with Crippen LogP contribution in [0.4, 0.5) is 0 Å². The maximum absolute atomic E-state index is 9.55. The molecule has 39 heavy (non-hydrogen) atoms. The highest BCUT2D eigenvalue weighted by Gasteiger charge is 2.16. The Bertz CT molecular complexity index is 1040. The molecule has 2 aromatic rings. The smallest absolute Gasteiger partial charge is 0.328 e. The monoisotopic (exact) mass is 540 g/mol. The van der Waals surface area contributed by atoms with Gasteiger partial charge < -0.3 is 25.3 Å². The molecule has 1 heterocycles. The van der Waals surface area contributed by atoms with Gasteiger partial charge in [0, 0.05) is 50.5 Å². The Morgan fingerprint density at radius 2 is 1.00 bits per heavy atom. The fourth-order valence-corrected chi connectivity index (χ4v) is 3.78. The molecule has 0 atom stereocenters. The lowest BCUT2D eigenvalue weighted by atomic mass is 9.94. The second kappa shape index (κ2) is 18.1. The Hall–Kier alpha value is -4.28. The van der Waals surface area contributed by atoms with E-state index in [1.807, 2.05) is 0 Å². The molecule has 0 aromatic heterocycles. The second-order valence-corrected chi connectivity index (χ2v) is 8.47. The van der Waals surface area contributed by atoms with Crippen LogP contribution in [0.3, 0.4) is 0 Å².